The molecule has 0 amide bonds. The van der Waals surface area contributed by atoms with Crippen molar-refractivity contribution in [2.24, 2.45) is 10.7 Å². The van der Waals surface area contributed by atoms with E-state index in [2.05, 4.69) is 14.9 Å². The summed E-state index contributed by atoms with van der Waals surface area (Å²) in [5.74, 6) is 0.242. The van der Waals surface area contributed by atoms with Gasteiger partial charge < -0.3 is 10.6 Å². The maximum Gasteiger partial charge on any atom is 0.191 e. The number of aromatic nitrogens is 1. The SMILES string of the molecule is I.NC(=NCc1ccc(F)cn1)N1CCCCCC1. The molecule has 4 nitrogen and oxygen atoms in total. The van der Waals surface area contributed by atoms with Crippen LogP contribution in [0.1, 0.15) is 31.4 Å². The summed E-state index contributed by atoms with van der Waals surface area (Å²) >= 11 is 0. The number of hydrogen-bond acceptors (Lipinski definition) is 2. The van der Waals surface area contributed by atoms with E-state index in [4.69, 9.17) is 5.73 Å². The molecular weight excluding hydrogens is 358 g/mol. The van der Waals surface area contributed by atoms with Crippen LogP contribution in [0.2, 0.25) is 0 Å². The van der Waals surface area contributed by atoms with Gasteiger partial charge in [0.05, 0.1) is 18.4 Å². The van der Waals surface area contributed by atoms with Crippen LogP contribution in [0.15, 0.2) is 23.3 Å². The zero-order chi connectivity index (χ0) is 12.8. The van der Waals surface area contributed by atoms with Crippen LogP contribution in [0.5, 0.6) is 0 Å². The van der Waals surface area contributed by atoms with E-state index in [-0.39, 0.29) is 29.8 Å². The van der Waals surface area contributed by atoms with E-state index < -0.39 is 0 Å². The topological polar surface area (TPSA) is 54.5 Å². The van der Waals surface area contributed by atoms with Gasteiger partial charge in [-0.05, 0) is 25.0 Å². The first kappa shape index (κ1) is 16.1. The van der Waals surface area contributed by atoms with Crippen LogP contribution in [-0.4, -0.2) is 28.9 Å². The number of rotatable bonds is 2. The van der Waals surface area contributed by atoms with Crippen molar-refractivity contribution < 1.29 is 4.39 Å². The van der Waals surface area contributed by atoms with Crippen molar-refractivity contribution in [1.29, 1.82) is 0 Å². The molecule has 0 unspecified atom stereocenters. The van der Waals surface area contributed by atoms with Crippen molar-refractivity contribution in [3.8, 4) is 0 Å². The first-order valence-electron chi connectivity index (χ1n) is 6.41. The van der Waals surface area contributed by atoms with Crippen LogP contribution in [0.25, 0.3) is 0 Å². The van der Waals surface area contributed by atoms with Crippen LogP contribution in [0, 0.1) is 5.82 Å². The molecule has 0 radical (unpaired) electrons. The number of guanidine groups is 1. The Morgan fingerprint density at radius 3 is 2.53 bits per heavy atom. The lowest BCUT2D eigenvalue weighted by Crippen LogP contribution is -2.38. The molecular formula is C13H20FIN4. The third kappa shape index (κ3) is 5.30. The quantitative estimate of drug-likeness (QED) is 0.489. The lowest BCUT2D eigenvalue weighted by molar-refractivity contribution is 0.428. The molecule has 106 valence electrons. The molecule has 0 spiro atoms. The first-order chi connectivity index (χ1) is 8.75. The summed E-state index contributed by atoms with van der Waals surface area (Å²) in [7, 11) is 0. The van der Waals surface area contributed by atoms with Crippen molar-refractivity contribution in [3.05, 3.63) is 29.8 Å². The highest BCUT2D eigenvalue weighted by Gasteiger charge is 2.10. The molecule has 19 heavy (non-hydrogen) atoms. The monoisotopic (exact) mass is 378 g/mol. The van der Waals surface area contributed by atoms with Crippen molar-refractivity contribution in [1.82, 2.24) is 9.88 Å². The Bertz CT molecular complexity index is 400. The Labute approximate surface area is 130 Å². The molecule has 1 aliphatic heterocycles. The van der Waals surface area contributed by atoms with E-state index in [0.717, 1.165) is 18.8 Å². The molecule has 0 bridgehead atoms. The maximum atomic E-state index is 12.7. The molecule has 2 rings (SSSR count). The lowest BCUT2D eigenvalue weighted by atomic mass is 10.2. The van der Waals surface area contributed by atoms with Gasteiger partial charge in [0.25, 0.3) is 0 Å². The van der Waals surface area contributed by atoms with Crippen molar-refractivity contribution in [2.75, 3.05) is 13.1 Å². The van der Waals surface area contributed by atoms with Gasteiger partial charge in [-0.2, -0.15) is 0 Å². The summed E-state index contributed by atoms with van der Waals surface area (Å²) in [5, 5.41) is 0. The average Bonchev–Trinajstić information content (AvgIpc) is 2.66. The third-order valence-corrected chi connectivity index (χ3v) is 3.12. The summed E-state index contributed by atoms with van der Waals surface area (Å²) < 4.78 is 12.7. The summed E-state index contributed by atoms with van der Waals surface area (Å²) in [5.41, 5.74) is 6.70. The minimum absolute atomic E-state index is 0. The summed E-state index contributed by atoms with van der Waals surface area (Å²) in [6.07, 6.45) is 6.08. The van der Waals surface area contributed by atoms with Crippen molar-refractivity contribution in [3.63, 3.8) is 0 Å². The van der Waals surface area contributed by atoms with Crippen molar-refractivity contribution >= 4 is 29.9 Å². The number of hydrogen-bond donors (Lipinski definition) is 1. The Morgan fingerprint density at radius 2 is 1.95 bits per heavy atom. The van der Waals surface area contributed by atoms with Crippen LogP contribution in [0.3, 0.4) is 0 Å². The van der Waals surface area contributed by atoms with Crippen LogP contribution in [-0.2, 0) is 6.54 Å². The number of nitrogens with two attached hydrogens (primary N) is 1. The third-order valence-electron chi connectivity index (χ3n) is 3.12. The summed E-state index contributed by atoms with van der Waals surface area (Å²) in [6.45, 7) is 2.36. The smallest absolute Gasteiger partial charge is 0.191 e. The van der Waals surface area contributed by atoms with Gasteiger partial charge in [0.2, 0.25) is 0 Å². The molecule has 0 aliphatic carbocycles. The van der Waals surface area contributed by atoms with E-state index >= 15 is 0 Å². The van der Waals surface area contributed by atoms with Crippen LogP contribution >= 0.6 is 24.0 Å². The molecule has 1 fully saturated rings. The summed E-state index contributed by atoms with van der Waals surface area (Å²) in [4.78, 5) is 10.4. The van der Waals surface area contributed by atoms with Gasteiger partial charge in [-0.25, -0.2) is 9.38 Å². The highest BCUT2D eigenvalue weighted by molar-refractivity contribution is 14.0. The molecule has 2 heterocycles. The molecule has 6 heteroatoms. The fourth-order valence-electron chi connectivity index (χ4n) is 2.06. The minimum atomic E-state index is -0.330. The number of pyridine rings is 1. The zero-order valence-corrected chi connectivity index (χ0v) is 13.2. The predicted molar refractivity (Wildman–Crippen MR) is 85.0 cm³/mol. The van der Waals surface area contributed by atoms with E-state index in [1.807, 2.05) is 0 Å². The fraction of sp³-hybridized carbons (Fsp3) is 0.538. The van der Waals surface area contributed by atoms with E-state index in [0.29, 0.717) is 12.5 Å². The Kier molecular flexibility index (Phi) is 7.04. The molecule has 0 saturated carbocycles. The van der Waals surface area contributed by atoms with Gasteiger partial charge in [-0.1, -0.05) is 12.8 Å². The van der Waals surface area contributed by atoms with E-state index in [9.17, 15) is 4.39 Å². The molecule has 1 aromatic heterocycles. The molecule has 1 saturated heterocycles. The average molecular weight is 378 g/mol. The highest BCUT2D eigenvalue weighted by Crippen LogP contribution is 2.09. The second kappa shape index (κ2) is 8.29. The van der Waals surface area contributed by atoms with E-state index in [1.54, 1.807) is 6.07 Å². The predicted octanol–water partition coefficient (Wildman–Crippen LogP) is 2.53. The molecule has 0 atom stereocenters. The lowest BCUT2D eigenvalue weighted by Gasteiger charge is -2.20. The van der Waals surface area contributed by atoms with E-state index in [1.165, 1.54) is 37.9 Å². The van der Waals surface area contributed by atoms with Gasteiger partial charge >= 0.3 is 0 Å². The van der Waals surface area contributed by atoms with Crippen LogP contribution < -0.4 is 5.73 Å². The van der Waals surface area contributed by atoms with Gasteiger partial charge in [0, 0.05) is 13.1 Å². The Balaban J connectivity index is 0.00000180. The standard InChI is InChI=1S/C13H19FN4.HI/c14-11-5-6-12(16-9-11)10-17-13(15)18-7-3-1-2-4-8-18;/h5-6,9H,1-4,7-8,10H2,(H2,15,17);1H. The first-order valence-corrected chi connectivity index (χ1v) is 6.41. The number of aliphatic imine (C=N–C) groups is 1. The van der Waals surface area contributed by atoms with Gasteiger partial charge in [0.15, 0.2) is 5.96 Å². The normalized spacial score (nSPS) is 16.7. The Morgan fingerprint density at radius 1 is 1.26 bits per heavy atom. The maximum absolute atomic E-state index is 12.7. The second-order valence-corrected chi connectivity index (χ2v) is 4.54. The molecule has 0 aromatic carbocycles. The van der Waals surface area contributed by atoms with Gasteiger partial charge in [-0.3, -0.25) is 4.98 Å². The summed E-state index contributed by atoms with van der Waals surface area (Å²) in [6, 6.07) is 3.02. The number of halogens is 2. The Hall–Kier alpha value is -0.920. The largest absolute Gasteiger partial charge is 0.370 e. The number of likely N-dealkylation sites (tertiary alicyclic amines) is 1. The minimum Gasteiger partial charge on any atom is -0.370 e. The molecule has 1 aromatic rings. The molecule has 2 N–H and O–H groups in total. The molecule has 1 aliphatic rings. The van der Waals surface area contributed by atoms with Gasteiger partial charge in [-0.15, -0.1) is 24.0 Å². The number of nitrogens with zero attached hydrogens (tertiary/aromatic N) is 3. The van der Waals surface area contributed by atoms with Crippen molar-refractivity contribution in [2.45, 2.75) is 32.2 Å². The zero-order valence-electron chi connectivity index (χ0n) is 10.9. The van der Waals surface area contributed by atoms with Crippen LogP contribution in [0.4, 0.5) is 4.39 Å². The second-order valence-electron chi connectivity index (χ2n) is 4.54. The fourth-order valence-corrected chi connectivity index (χ4v) is 2.06. The van der Waals surface area contributed by atoms with Gasteiger partial charge in [0.1, 0.15) is 5.82 Å². The highest BCUT2D eigenvalue weighted by atomic mass is 127.